The molecule has 0 aliphatic heterocycles. The van der Waals surface area contributed by atoms with Crippen LogP contribution in [0.1, 0.15) is 50.6 Å². The molecule has 0 heterocycles. The first-order chi connectivity index (χ1) is 9.74. The van der Waals surface area contributed by atoms with Crippen LogP contribution in [0.3, 0.4) is 0 Å². The van der Waals surface area contributed by atoms with Crippen LogP contribution in [0.5, 0.6) is 0 Å². The van der Waals surface area contributed by atoms with Gasteiger partial charge in [-0.3, -0.25) is 0 Å². The molecule has 112 valence electrons. The Morgan fingerprint density at radius 2 is 1.85 bits per heavy atom. The lowest BCUT2D eigenvalue weighted by atomic mass is 9.79. The molecule has 3 unspecified atom stereocenters. The summed E-state index contributed by atoms with van der Waals surface area (Å²) in [5, 5.41) is 13.1. The largest absolute Gasteiger partial charge is 0.396 e. The average Bonchev–Trinajstić information content (AvgIpc) is 2.50. The number of rotatable bonds is 6. The highest BCUT2D eigenvalue weighted by Crippen LogP contribution is 2.30. The molecule has 0 saturated heterocycles. The second-order valence-electron chi connectivity index (χ2n) is 5.91. The van der Waals surface area contributed by atoms with E-state index in [0.29, 0.717) is 18.4 Å². The Morgan fingerprint density at radius 1 is 1.20 bits per heavy atom. The summed E-state index contributed by atoms with van der Waals surface area (Å²) in [6, 6.07) is 7.05. The molecule has 1 saturated carbocycles. The molecule has 0 radical (unpaired) electrons. The Morgan fingerprint density at radius 3 is 2.45 bits per heavy atom. The summed E-state index contributed by atoms with van der Waals surface area (Å²) in [6.07, 6.45) is 5.86. The molecule has 0 amide bonds. The number of halogens is 1. The quantitative estimate of drug-likeness (QED) is 0.833. The first-order valence-electron chi connectivity index (χ1n) is 7.84. The second-order valence-corrected chi connectivity index (χ2v) is 5.91. The van der Waals surface area contributed by atoms with Crippen LogP contribution in [-0.4, -0.2) is 18.3 Å². The van der Waals surface area contributed by atoms with Gasteiger partial charge in [0.05, 0.1) is 0 Å². The molecular weight excluding hydrogens is 253 g/mol. The highest BCUT2D eigenvalue weighted by molar-refractivity contribution is 5.19. The summed E-state index contributed by atoms with van der Waals surface area (Å²) in [6.45, 7) is 3.40. The third kappa shape index (κ3) is 4.03. The van der Waals surface area contributed by atoms with Gasteiger partial charge in [0, 0.05) is 12.6 Å². The van der Waals surface area contributed by atoms with Gasteiger partial charge in [0.1, 0.15) is 5.82 Å². The zero-order valence-electron chi connectivity index (χ0n) is 12.3. The van der Waals surface area contributed by atoms with Crippen LogP contribution in [-0.2, 0) is 0 Å². The highest BCUT2D eigenvalue weighted by atomic mass is 19.1. The minimum Gasteiger partial charge on any atom is -0.396 e. The summed E-state index contributed by atoms with van der Waals surface area (Å²) in [7, 11) is 0. The Kier molecular flexibility index (Phi) is 5.99. The van der Waals surface area contributed by atoms with Gasteiger partial charge >= 0.3 is 0 Å². The van der Waals surface area contributed by atoms with Gasteiger partial charge in [-0.25, -0.2) is 4.39 Å². The molecule has 1 aromatic carbocycles. The third-order valence-electron chi connectivity index (χ3n) is 4.61. The number of aliphatic hydroxyl groups is 1. The van der Waals surface area contributed by atoms with Crippen molar-refractivity contribution in [3.8, 4) is 0 Å². The van der Waals surface area contributed by atoms with E-state index in [9.17, 15) is 9.50 Å². The molecule has 1 aliphatic rings. The van der Waals surface area contributed by atoms with Crippen LogP contribution >= 0.6 is 0 Å². The first kappa shape index (κ1) is 15.5. The summed E-state index contributed by atoms with van der Waals surface area (Å²) >= 11 is 0. The predicted molar refractivity (Wildman–Crippen MR) is 80.0 cm³/mol. The standard InChI is InChI=1S/C17H26FNO/c1-2-17(13-7-9-16(18)10-8-13)19-11-14-5-3-4-6-15(14)12-20/h7-10,14-15,17,19-20H,2-6,11-12H2,1H3. The lowest BCUT2D eigenvalue weighted by molar-refractivity contribution is 0.131. The van der Waals surface area contributed by atoms with Crippen molar-refractivity contribution in [2.45, 2.75) is 45.1 Å². The van der Waals surface area contributed by atoms with Crippen molar-refractivity contribution >= 4 is 0 Å². The van der Waals surface area contributed by atoms with Crippen molar-refractivity contribution in [3.05, 3.63) is 35.6 Å². The van der Waals surface area contributed by atoms with E-state index in [2.05, 4.69) is 12.2 Å². The van der Waals surface area contributed by atoms with Gasteiger partial charge < -0.3 is 10.4 Å². The van der Waals surface area contributed by atoms with Gasteiger partial charge in [0.25, 0.3) is 0 Å². The van der Waals surface area contributed by atoms with Crippen molar-refractivity contribution in [1.82, 2.24) is 5.32 Å². The Labute approximate surface area is 121 Å². The van der Waals surface area contributed by atoms with E-state index in [-0.39, 0.29) is 11.9 Å². The molecule has 2 N–H and O–H groups in total. The van der Waals surface area contributed by atoms with E-state index in [1.807, 2.05) is 12.1 Å². The highest BCUT2D eigenvalue weighted by Gasteiger charge is 2.24. The lowest BCUT2D eigenvalue weighted by Crippen LogP contribution is -2.34. The molecule has 2 rings (SSSR count). The minimum atomic E-state index is -0.184. The van der Waals surface area contributed by atoms with Crippen LogP contribution < -0.4 is 5.32 Å². The normalized spacial score (nSPS) is 24.6. The molecule has 2 nitrogen and oxygen atoms in total. The van der Waals surface area contributed by atoms with Gasteiger partial charge in [-0.2, -0.15) is 0 Å². The summed E-state index contributed by atoms with van der Waals surface area (Å²) in [5.41, 5.74) is 1.14. The molecule has 3 atom stereocenters. The monoisotopic (exact) mass is 279 g/mol. The number of nitrogens with one attached hydrogen (secondary N) is 1. The predicted octanol–water partition coefficient (Wildman–Crippen LogP) is 3.67. The Hall–Kier alpha value is -0.930. The number of aliphatic hydroxyl groups excluding tert-OH is 1. The van der Waals surface area contributed by atoms with Gasteiger partial charge in [-0.1, -0.05) is 31.9 Å². The zero-order valence-corrected chi connectivity index (χ0v) is 12.3. The molecule has 0 aromatic heterocycles. The van der Waals surface area contributed by atoms with Gasteiger partial charge in [-0.15, -0.1) is 0 Å². The van der Waals surface area contributed by atoms with Crippen molar-refractivity contribution in [3.63, 3.8) is 0 Å². The smallest absolute Gasteiger partial charge is 0.123 e. The van der Waals surface area contributed by atoms with E-state index >= 15 is 0 Å². The summed E-state index contributed by atoms with van der Waals surface area (Å²) in [5.74, 6) is 0.835. The van der Waals surface area contributed by atoms with Crippen LogP contribution in [0, 0.1) is 17.7 Å². The summed E-state index contributed by atoms with van der Waals surface area (Å²) in [4.78, 5) is 0. The molecule has 3 heteroatoms. The Bertz CT molecular complexity index is 392. The van der Waals surface area contributed by atoms with Crippen molar-refractivity contribution in [2.24, 2.45) is 11.8 Å². The lowest BCUT2D eigenvalue weighted by Gasteiger charge is -2.32. The number of hydrogen-bond acceptors (Lipinski definition) is 2. The average molecular weight is 279 g/mol. The third-order valence-corrected chi connectivity index (χ3v) is 4.61. The van der Waals surface area contributed by atoms with Crippen LogP contribution in [0.25, 0.3) is 0 Å². The van der Waals surface area contributed by atoms with Crippen LogP contribution in [0.2, 0.25) is 0 Å². The molecule has 0 bridgehead atoms. The molecule has 20 heavy (non-hydrogen) atoms. The Balaban J connectivity index is 1.91. The minimum absolute atomic E-state index is 0.184. The molecule has 1 aliphatic carbocycles. The van der Waals surface area contributed by atoms with E-state index in [1.165, 1.54) is 31.4 Å². The van der Waals surface area contributed by atoms with Crippen molar-refractivity contribution in [2.75, 3.05) is 13.2 Å². The van der Waals surface area contributed by atoms with Crippen LogP contribution in [0.4, 0.5) is 4.39 Å². The maximum absolute atomic E-state index is 13.0. The first-order valence-corrected chi connectivity index (χ1v) is 7.84. The molecule has 1 aromatic rings. The summed E-state index contributed by atoms with van der Waals surface area (Å²) < 4.78 is 13.0. The van der Waals surface area contributed by atoms with Crippen molar-refractivity contribution in [1.29, 1.82) is 0 Å². The second kappa shape index (κ2) is 7.75. The fraction of sp³-hybridized carbons (Fsp3) is 0.647. The number of benzene rings is 1. The van der Waals surface area contributed by atoms with Gasteiger partial charge in [0.15, 0.2) is 0 Å². The van der Waals surface area contributed by atoms with E-state index < -0.39 is 0 Å². The topological polar surface area (TPSA) is 32.3 Å². The van der Waals surface area contributed by atoms with E-state index in [1.54, 1.807) is 0 Å². The molecule has 0 spiro atoms. The van der Waals surface area contributed by atoms with Crippen molar-refractivity contribution < 1.29 is 9.50 Å². The molecular formula is C17H26FNO. The number of hydrogen-bond donors (Lipinski definition) is 2. The fourth-order valence-electron chi connectivity index (χ4n) is 3.28. The van der Waals surface area contributed by atoms with E-state index in [0.717, 1.165) is 24.9 Å². The van der Waals surface area contributed by atoms with Gasteiger partial charge in [-0.05, 0) is 55.3 Å². The zero-order chi connectivity index (χ0) is 14.4. The van der Waals surface area contributed by atoms with Crippen LogP contribution in [0.15, 0.2) is 24.3 Å². The maximum Gasteiger partial charge on any atom is 0.123 e. The van der Waals surface area contributed by atoms with E-state index in [4.69, 9.17) is 0 Å². The molecule has 1 fully saturated rings. The van der Waals surface area contributed by atoms with Gasteiger partial charge in [0.2, 0.25) is 0 Å². The SMILES string of the molecule is CCC(NCC1CCCCC1CO)c1ccc(F)cc1. The fourth-order valence-corrected chi connectivity index (χ4v) is 3.28. The maximum atomic E-state index is 13.0.